The van der Waals surface area contributed by atoms with E-state index in [2.05, 4.69) is 0 Å². The highest BCUT2D eigenvalue weighted by Crippen LogP contribution is 2.40. The summed E-state index contributed by atoms with van der Waals surface area (Å²) >= 11 is 5.47. The van der Waals surface area contributed by atoms with Crippen LogP contribution < -0.4 is 4.74 Å². The number of carbonyl (C=O) groups is 1. The number of hydrogen-bond donors (Lipinski definition) is 1. The predicted molar refractivity (Wildman–Crippen MR) is 63.3 cm³/mol. The van der Waals surface area contributed by atoms with E-state index in [4.69, 9.17) is 21.4 Å². The maximum Gasteiger partial charge on any atom is 0.344 e. The first-order chi connectivity index (χ1) is 8.69. The third kappa shape index (κ3) is 3.53. The molecule has 3 nitrogen and oxygen atoms in total. The van der Waals surface area contributed by atoms with Gasteiger partial charge in [-0.15, -0.1) is 0 Å². The van der Waals surface area contributed by atoms with Gasteiger partial charge in [0.15, 0.2) is 6.10 Å². The van der Waals surface area contributed by atoms with E-state index in [-0.39, 0.29) is 0 Å². The second kappa shape index (κ2) is 5.69. The molecule has 0 amide bonds. The third-order valence-electron chi connectivity index (χ3n) is 2.51. The Balaban J connectivity index is 3.28. The normalized spacial score (nSPS) is 13.2. The van der Waals surface area contributed by atoms with E-state index < -0.39 is 46.6 Å². The van der Waals surface area contributed by atoms with Crippen molar-refractivity contribution in [2.45, 2.75) is 32.3 Å². The molecule has 0 fully saturated rings. The Morgan fingerprint density at radius 1 is 1.53 bits per heavy atom. The fourth-order valence-corrected chi connectivity index (χ4v) is 1.51. The maximum absolute atomic E-state index is 13.7. The first-order valence-electron chi connectivity index (χ1n) is 5.45. The molecule has 0 aliphatic rings. The number of ether oxygens (including phenoxy) is 1. The zero-order valence-corrected chi connectivity index (χ0v) is 11.0. The SMILES string of the molecule is CCC(F)(F)c1cc(Cl)c(F)cc1O[C@@H](C)C(=O)O. The van der Waals surface area contributed by atoms with Gasteiger partial charge in [0.05, 0.1) is 10.6 Å². The Kier molecular flexibility index (Phi) is 4.68. The van der Waals surface area contributed by atoms with Crippen molar-refractivity contribution in [1.29, 1.82) is 0 Å². The van der Waals surface area contributed by atoms with Crippen molar-refractivity contribution >= 4 is 17.6 Å². The van der Waals surface area contributed by atoms with Crippen molar-refractivity contribution in [2.24, 2.45) is 0 Å². The highest BCUT2D eigenvalue weighted by Gasteiger charge is 2.34. The number of carboxylic acid groups (broad SMARTS) is 1. The summed E-state index contributed by atoms with van der Waals surface area (Å²) in [7, 11) is 0. The topological polar surface area (TPSA) is 46.5 Å². The van der Waals surface area contributed by atoms with Crippen LogP contribution >= 0.6 is 11.6 Å². The van der Waals surface area contributed by atoms with Crippen LogP contribution in [0.25, 0.3) is 0 Å². The van der Waals surface area contributed by atoms with Crippen LogP contribution in [0.4, 0.5) is 13.2 Å². The van der Waals surface area contributed by atoms with Gasteiger partial charge in [-0.1, -0.05) is 18.5 Å². The second-order valence-electron chi connectivity index (χ2n) is 3.92. The molecule has 0 bridgehead atoms. The predicted octanol–water partition coefficient (Wildman–Crippen LogP) is 3.83. The number of aliphatic carboxylic acids is 1. The third-order valence-corrected chi connectivity index (χ3v) is 2.80. The average Bonchev–Trinajstić information content (AvgIpc) is 2.33. The zero-order chi connectivity index (χ0) is 14.8. The lowest BCUT2D eigenvalue weighted by atomic mass is 10.0. The molecule has 0 unspecified atom stereocenters. The average molecular weight is 297 g/mol. The van der Waals surface area contributed by atoms with Crippen LogP contribution in [0.3, 0.4) is 0 Å². The summed E-state index contributed by atoms with van der Waals surface area (Å²) < 4.78 is 45.6. The van der Waals surface area contributed by atoms with Crippen LogP contribution in [-0.4, -0.2) is 17.2 Å². The molecule has 0 aliphatic carbocycles. The van der Waals surface area contributed by atoms with Gasteiger partial charge < -0.3 is 9.84 Å². The van der Waals surface area contributed by atoms with Gasteiger partial charge in [-0.05, 0) is 13.0 Å². The summed E-state index contributed by atoms with van der Waals surface area (Å²) in [6, 6.07) is 1.42. The van der Waals surface area contributed by atoms with Crippen LogP contribution in [0.15, 0.2) is 12.1 Å². The van der Waals surface area contributed by atoms with Gasteiger partial charge in [-0.2, -0.15) is 0 Å². The monoisotopic (exact) mass is 296 g/mol. The molecule has 1 atom stereocenters. The lowest BCUT2D eigenvalue weighted by Gasteiger charge is -2.20. The molecule has 106 valence electrons. The van der Waals surface area contributed by atoms with Gasteiger partial charge in [-0.25, -0.2) is 18.0 Å². The molecule has 0 radical (unpaired) electrons. The Morgan fingerprint density at radius 2 is 2.11 bits per heavy atom. The fraction of sp³-hybridized carbons (Fsp3) is 0.417. The van der Waals surface area contributed by atoms with E-state index >= 15 is 0 Å². The number of benzene rings is 1. The lowest BCUT2D eigenvalue weighted by Crippen LogP contribution is -2.25. The zero-order valence-electron chi connectivity index (χ0n) is 10.2. The Hall–Kier alpha value is -1.43. The van der Waals surface area contributed by atoms with E-state index in [1.807, 2.05) is 0 Å². The van der Waals surface area contributed by atoms with Crippen LogP contribution in [-0.2, 0) is 10.7 Å². The van der Waals surface area contributed by atoms with Crippen LogP contribution in [0.1, 0.15) is 25.8 Å². The molecule has 0 aromatic heterocycles. The van der Waals surface area contributed by atoms with Gasteiger partial charge >= 0.3 is 5.97 Å². The minimum atomic E-state index is -3.29. The molecular weight excluding hydrogens is 285 g/mol. The van der Waals surface area contributed by atoms with Gasteiger partial charge in [0, 0.05) is 12.5 Å². The largest absolute Gasteiger partial charge is 0.479 e. The highest BCUT2D eigenvalue weighted by molar-refractivity contribution is 6.30. The molecule has 0 saturated heterocycles. The van der Waals surface area contributed by atoms with Crippen LogP contribution in [0, 0.1) is 5.82 Å². The number of halogens is 4. The van der Waals surface area contributed by atoms with Gasteiger partial charge in [-0.3, -0.25) is 0 Å². The summed E-state index contributed by atoms with van der Waals surface area (Å²) in [6.45, 7) is 2.39. The standard InChI is InChI=1S/C12H12ClF3O3/c1-3-12(15,16)7-4-8(13)9(14)5-10(7)19-6(2)11(17)18/h4-6H,3H2,1-2H3,(H,17,18)/t6-/m0/s1. The van der Waals surface area contributed by atoms with E-state index in [1.165, 1.54) is 6.92 Å². The molecule has 1 aromatic carbocycles. The number of carboxylic acids is 1. The van der Waals surface area contributed by atoms with E-state index in [9.17, 15) is 18.0 Å². The highest BCUT2D eigenvalue weighted by atomic mass is 35.5. The fourth-order valence-electron chi connectivity index (χ4n) is 1.34. The van der Waals surface area contributed by atoms with Crippen molar-refractivity contribution in [2.75, 3.05) is 0 Å². The molecule has 1 N–H and O–H groups in total. The Labute approximate surface area is 112 Å². The summed E-state index contributed by atoms with van der Waals surface area (Å²) in [5.74, 6) is -6.11. The number of rotatable bonds is 5. The molecule has 7 heteroatoms. The molecule has 0 spiro atoms. The summed E-state index contributed by atoms with van der Waals surface area (Å²) in [4.78, 5) is 10.7. The van der Waals surface area contributed by atoms with E-state index in [1.54, 1.807) is 0 Å². The van der Waals surface area contributed by atoms with Gasteiger partial charge in [0.25, 0.3) is 5.92 Å². The molecule has 19 heavy (non-hydrogen) atoms. The lowest BCUT2D eigenvalue weighted by molar-refractivity contribution is -0.144. The van der Waals surface area contributed by atoms with Gasteiger partial charge in [0.1, 0.15) is 11.6 Å². The van der Waals surface area contributed by atoms with Crippen molar-refractivity contribution in [1.82, 2.24) is 0 Å². The van der Waals surface area contributed by atoms with Crippen LogP contribution in [0.2, 0.25) is 5.02 Å². The number of alkyl halides is 2. The molecule has 1 rings (SSSR count). The first-order valence-corrected chi connectivity index (χ1v) is 5.83. The Bertz CT molecular complexity index is 491. The van der Waals surface area contributed by atoms with Crippen molar-refractivity contribution in [3.8, 4) is 5.75 Å². The smallest absolute Gasteiger partial charge is 0.344 e. The molecule has 0 heterocycles. The van der Waals surface area contributed by atoms with Crippen molar-refractivity contribution in [3.63, 3.8) is 0 Å². The van der Waals surface area contributed by atoms with Gasteiger partial charge in [0.2, 0.25) is 0 Å². The second-order valence-corrected chi connectivity index (χ2v) is 4.33. The van der Waals surface area contributed by atoms with Crippen molar-refractivity contribution < 1.29 is 27.8 Å². The van der Waals surface area contributed by atoms with Crippen LogP contribution in [0.5, 0.6) is 5.75 Å². The van der Waals surface area contributed by atoms with E-state index in [0.29, 0.717) is 6.07 Å². The maximum atomic E-state index is 13.7. The number of hydrogen-bond acceptors (Lipinski definition) is 2. The summed E-state index contributed by atoms with van der Waals surface area (Å²) in [5.41, 5.74) is -0.630. The summed E-state index contributed by atoms with van der Waals surface area (Å²) in [5, 5.41) is 8.21. The molecule has 0 saturated carbocycles. The first kappa shape index (κ1) is 15.6. The quantitative estimate of drug-likeness (QED) is 0.898. The Morgan fingerprint density at radius 3 is 2.58 bits per heavy atom. The summed E-state index contributed by atoms with van der Waals surface area (Å²) in [6.07, 6.45) is -1.93. The molecule has 1 aromatic rings. The van der Waals surface area contributed by atoms with E-state index in [0.717, 1.165) is 13.0 Å². The van der Waals surface area contributed by atoms with Crippen molar-refractivity contribution in [3.05, 3.63) is 28.5 Å². The minimum Gasteiger partial charge on any atom is -0.479 e. The minimum absolute atomic E-state index is 0.474. The molecular formula is C12H12ClF3O3. The molecule has 0 aliphatic heterocycles.